The summed E-state index contributed by atoms with van der Waals surface area (Å²) in [7, 11) is 0. The van der Waals surface area contributed by atoms with Crippen LogP contribution in [0.25, 0.3) is 0 Å². The second kappa shape index (κ2) is 4.36. The molecule has 3 atom stereocenters. The molecule has 0 bridgehead atoms. The van der Waals surface area contributed by atoms with Gasteiger partial charge in [0.15, 0.2) is 0 Å². The van der Waals surface area contributed by atoms with Crippen molar-refractivity contribution in [2.24, 2.45) is 11.8 Å². The van der Waals surface area contributed by atoms with E-state index in [1.54, 1.807) is 6.07 Å². The number of phenolic OH excluding ortho intramolecular Hbond substituents is 2. The van der Waals surface area contributed by atoms with Gasteiger partial charge in [-0.15, -0.1) is 0 Å². The van der Waals surface area contributed by atoms with Crippen LogP contribution in [0.3, 0.4) is 0 Å². The molecule has 0 radical (unpaired) electrons. The summed E-state index contributed by atoms with van der Waals surface area (Å²) in [6.45, 7) is 4.59. The van der Waals surface area contributed by atoms with Crippen molar-refractivity contribution in [1.29, 1.82) is 0 Å². The lowest BCUT2D eigenvalue weighted by molar-refractivity contribution is 0.247. The molecular weight excluding hydrogens is 200 g/mol. The van der Waals surface area contributed by atoms with Gasteiger partial charge in [-0.25, -0.2) is 0 Å². The highest BCUT2D eigenvalue weighted by Gasteiger charge is 2.26. The van der Waals surface area contributed by atoms with Crippen molar-refractivity contribution in [3.8, 4) is 11.5 Å². The van der Waals surface area contributed by atoms with Crippen LogP contribution in [0.1, 0.15) is 44.6 Å². The van der Waals surface area contributed by atoms with Crippen molar-refractivity contribution in [2.45, 2.75) is 39.0 Å². The average Bonchev–Trinajstić information content (AvgIpc) is 2.22. The van der Waals surface area contributed by atoms with E-state index in [0.29, 0.717) is 11.8 Å². The lowest BCUT2D eigenvalue weighted by atomic mass is 9.73. The maximum Gasteiger partial charge on any atom is 0.122 e. The molecular formula is C14H20O2. The van der Waals surface area contributed by atoms with Crippen LogP contribution >= 0.6 is 0 Å². The Morgan fingerprint density at radius 2 is 1.81 bits per heavy atom. The van der Waals surface area contributed by atoms with Crippen LogP contribution in [0.4, 0.5) is 0 Å². The molecule has 0 aromatic heterocycles. The molecule has 1 fully saturated rings. The molecule has 88 valence electrons. The summed E-state index contributed by atoms with van der Waals surface area (Å²) >= 11 is 0. The van der Waals surface area contributed by atoms with Gasteiger partial charge in [0, 0.05) is 6.07 Å². The fraction of sp³-hybridized carbons (Fsp3) is 0.571. The van der Waals surface area contributed by atoms with Gasteiger partial charge in [-0.1, -0.05) is 19.9 Å². The predicted molar refractivity (Wildman–Crippen MR) is 64.7 cm³/mol. The Balaban J connectivity index is 2.18. The van der Waals surface area contributed by atoms with Crippen LogP contribution in [0, 0.1) is 11.8 Å². The van der Waals surface area contributed by atoms with Gasteiger partial charge in [0.1, 0.15) is 11.5 Å². The Labute approximate surface area is 96.9 Å². The van der Waals surface area contributed by atoms with Gasteiger partial charge in [-0.3, -0.25) is 0 Å². The van der Waals surface area contributed by atoms with E-state index in [-0.39, 0.29) is 11.5 Å². The lowest BCUT2D eigenvalue weighted by Crippen LogP contribution is -2.19. The Bertz CT molecular complexity index is 373. The van der Waals surface area contributed by atoms with Crippen LogP contribution in [0.15, 0.2) is 18.2 Å². The third kappa shape index (κ3) is 2.16. The quantitative estimate of drug-likeness (QED) is 0.758. The van der Waals surface area contributed by atoms with Gasteiger partial charge in [-0.2, -0.15) is 0 Å². The Hall–Kier alpha value is -1.18. The molecule has 1 aliphatic carbocycles. The van der Waals surface area contributed by atoms with Gasteiger partial charge in [0.2, 0.25) is 0 Å². The Morgan fingerprint density at radius 3 is 2.44 bits per heavy atom. The first-order valence-electron chi connectivity index (χ1n) is 6.09. The summed E-state index contributed by atoms with van der Waals surface area (Å²) in [5, 5.41) is 19.1. The van der Waals surface area contributed by atoms with Crippen LogP contribution in [0.5, 0.6) is 11.5 Å². The van der Waals surface area contributed by atoms with Gasteiger partial charge in [0.25, 0.3) is 0 Å². The molecule has 16 heavy (non-hydrogen) atoms. The maximum absolute atomic E-state index is 9.84. The lowest BCUT2D eigenvalue weighted by Gasteiger charge is -2.32. The number of benzene rings is 1. The van der Waals surface area contributed by atoms with E-state index in [1.807, 2.05) is 6.07 Å². The van der Waals surface area contributed by atoms with Crippen molar-refractivity contribution in [3.63, 3.8) is 0 Å². The minimum absolute atomic E-state index is 0.137. The summed E-state index contributed by atoms with van der Waals surface area (Å²) in [5.41, 5.74) is 0.997. The van der Waals surface area contributed by atoms with Gasteiger partial charge in [-0.05, 0) is 48.6 Å². The summed E-state index contributed by atoms with van der Waals surface area (Å²) in [4.78, 5) is 0. The second-order valence-corrected chi connectivity index (χ2v) is 5.21. The van der Waals surface area contributed by atoms with Crippen molar-refractivity contribution < 1.29 is 10.2 Å². The minimum atomic E-state index is 0.137. The Kier molecular flexibility index (Phi) is 3.08. The number of rotatable bonds is 1. The summed E-state index contributed by atoms with van der Waals surface area (Å²) in [5.74, 6) is 2.33. The molecule has 1 aliphatic rings. The average molecular weight is 220 g/mol. The fourth-order valence-electron chi connectivity index (χ4n) is 2.71. The van der Waals surface area contributed by atoms with E-state index in [1.165, 1.54) is 12.5 Å². The summed E-state index contributed by atoms with van der Waals surface area (Å²) in [6, 6.07) is 4.97. The van der Waals surface area contributed by atoms with Crippen LogP contribution in [-0.4, -0.2) is 10.2 Å². The minimum Gasteiger partial charge on any atom is -0.508 e. The molecule has 0 aliphatic heterocycles. The zero-order chi connectivity index (χ0) is 11.7. The topological polar surface area (TPSA) is 40.5 Å². The molecule has 2 rings (SSSR count). The maximum atomic E-state index is 9.84. The number of hydrogen-bond acceptors (Lipinski definition) is 2. The molecule has 3 unspecified atom stereocenters. The highest BCUT2D eigenvalue weighted by atomic mass is 16.3. The van der Waals surface area contributed by atoms with E-state index < -0.39 is 0 Å². The largest absolute Gasteiger partial charge is 0.508 e. The normalized spacial score (nSPS) is 30.2. The van der Waals surface area contributed by atoms with Crippen LogP contribution in [0.2, 0.25) is 0 Å². The van der Waals surface area contributed by atoms with Crippen molar-refractivity contribution in [1.82, 2.24) is 0 Å². The Morgan fingerprint density at radius 1 is 1.06 bits per heavy atom. The molecule has 1 saturated carbocycles. The molecule has 0 saturated heterocycles. The van der Waals surface area contributed by atoms with Gasteiger partial charge >= 0.3 is 0 Å². The molecule has 1 aromatic carbocycles. The number of hydrogen-bond donors (Lipinski definition) is 2. The van der Waals surface area contributed by atoms with E-state index >= 15 is 0 Å². The van der Waals surface area contributed by atoms with Crippen LogP contribution < -0.4 is 0 Å². The zero-order valence-electron chi connectivity index (χ0n) is 9.98. The van der Waals surface area contributed by atoms with Gasteiger partial charge < -0.3 is 10.2 Å². The first-order valence-corrected chi connectivity index (χ1v) is 6.09. The van der Waals surface area contributed by atoms with Crippen molar-refractivity contribution in [2.75, 3.05) is 0 Å². The number of phenols is 2. The molecule has 1 aromatic rings. The highest BCUT2D eigenvalue weighted by Crippen LogP contribution is 2.42. The first kappa shape index (κ1) is 11.3. The second-order valence-electron chi connectivity index (χ2n) is 5.21. The van der Waals surface area contributed by atoms with E-state index in [4.69, 9.17) is 0 Å². The SMILES string of the molecule is CC1CCC(c2ccc(O)cc2O)CC1C. The molecule has 2 N–H and O–H groups in total. The summed E-state index contributed by atoms with van der Waals surface area (Å²) < 4.78 is 0. The third-order valence-corrected chi connectivity index (χ3v) is 4.05. The van der Waals surface area contributed by atoms with Crippen molar-refractivity contribution in [3.05, 3.63) is 23.8 Å². The monoisotopic (exact) mass is 220 g/mol. The third-order valence-electron chi connectivity index (χ3n) is 4.05. The first-order chi connectivity index (χ1) is 7.58. The van der Waals surface area contributed by atoms with Crippen LogP contribution in [-0.2, 0) is 0 Å². The predicted octanol–water partition coefficient (Wildman–Crippen LogP) is 3.64. The number of aromatic hydroxyl groups is 2. The zero-order valence-corrected chi connectivity index (χ0v) is 9.98. The van der Waals surface area contributed by atoms with E-state index in [9.17, 15) is 10.2 Å². The van der Waals surface area contributed by atoms with E-state index in [0.717, 1.165) is 24.3 Å². The molecule has 2 nitrogen and oxygen atoms in total. The fourth-order valence-corrected chi connectivity index (χ4v) is 2.71. The molecule has 0 amide bonds. The molecule has 0 spiro atoms. The van der Waals surface area contributed by atoms with Gasteiger partial charge in [0.05, 0.1) is 0 Å². The summed E-state index contributed by atoms with van der Waals surface area (Å²) in [6.07, 6.45) is 3.51. The smallest absolute Gasteiger partial charge is 0.122 e. The molecule has 2 heteroatoms. The standard InChI is InChI=1S/C14H20O2/c1-9-3-4-11(7-10(9)2)13-6-5-12(15)8-14(13)16/h5-6,8-11,15-16H,3-4,7H2,1-2H3. The van der Waals surface area contributed by atoms with E-state index in [2.05, 4.69) is 13.8 Å². The highest BCUT2D eigenvalue weighted by molar-refractivity contribution is 5.41. The molecule has 0 heterocycles. The van der Waals surface area contributed by atoms with Crippen molar-refractivity contribution >= 4 is 0 Å².